The first kappa shape index (κ1) is 13.8. The summed E-state index contributed by atoms with van der Waals surface area (Å²) in [6.45, 7) is 0. The van der Waals surface area contributed by atoms with Crippen LogP contribution >= 0.6 is 15.9 Å². The molecular weight excluding hydrogens is 337 g/mol. The Kier molecular flexibility index (Phi) is 3.72. The molecule has 0 aliphatic heterocycles. The number of nitrogens with one attached hydrogen (secondary N) is 1. The highest BCUT2D eigenvalue weighted by molar-refractivity contribution is 9.10. The van der Waals surface area contributed by atoms with Gasteiger partial charge in [0.25, 0.3) is 10.0 Å². The molecule has 19 heavy (non-hydrogen) atoms. The molecule has 0 fully saturated rings. The van der Waals surface area contributed by atoms with Crippen LogP contribution in [0.1, 0.15) is 0 Å². The second kappa shape index (κ2) is 5.14. The highest BCUT2D eigenvalue weighted by Crippen LogP contribution is 2.25. The molecule has 0 aliphatic carbocycles. The van der Waals surface area contributed by atoms with E-state index in [0.29, 0.717) is 4.47 Å². The van der Waals surface area contributed by atoms with E-state index in [9.17, 15) is 12.8 Å². The third-order valence-corrected chi connectivity index (χ3v) is 4.21. The Labute approximate surface area is 117 Å². The first-order valence-corrected chi connectivity index (χ1v) is 7.35. The summed E-state index contributed by atoms with van der Waals surface area (Å²) in [5.74, 6) is -0.762. The van der Waals surface area contributed by atoms with Crippen LogP contribution in [-0.2, 0) is 10.0 Å². The SMILES string of the molecule is Nc1cc(Br)ccc1S(=O)(=O)Nc1ccncc1F. The summed E-state index contributed by atoms with van der Waals surface area (Å²) in [5, 5.41) is 0. The Morgan fingerprint density at radius 3 is 2.68 bits per heavy atom. The van der Waals surface area contributed by atoms with Crippen molar-refractivity contribution in [2.24, 2.45) is 0 Å². The zero-order chi connectivity index (χ0) is 14.0. The number of aromatic nitrogens is 1. The molecule has 0 amide bonds. The molecule has 3 N–H and O–H groups in total. The van der Waals surface area contributed by atoms with Crippen LogP contribution in [-0.4, -0.2) is 13.4 Å². The molecule has 0 bridgehead atoms. The maximum absolute atomic E-state index is 13.4. The summed E-state index contributed by atoms with van der Waals surface area (Å²) >= 11 is 3.18. The number of nitrogens with zero attached hydrogens (tertiary/aromatic N) is 1. The number of pyridine rings is 1. The molecular formula is C11H9BrFN3O2S. The largest absolute Gasteiger partial charge is 0.398 e. The van der Waals surface area contributed by atoms with E-state index in [1.54, 1.807) is 0 Å². The van der Waals surface area contributed by atoms with E-state index in [-0.39, 0.29) is 16.3 Å². The summed E-state index contributed by atoms with van der Waals surface area (Å²) in [6.07, 6.45) is 2.20. The van der Waals surface area contributed by atoms with Gasteiger partial charge >= 0.3 is 0 Å². The summed E-state index contributed by atoms with van der Waals surface area (Å²) in [4.78, 5) is 3.42. The van der Waals surface area contributed by atoms with Crippen molar-refractivity contribution in [3.8, 4) is 0 Å². The van der Waals surface area contributed by atoms with E-state index in [0.717, 1.165) is 6.20 Å². The van der Waals surface area contributed by atoms with Gasteiger partial charge in [-0.05, 0) is 24.3 Å². The number of benzene rings is 1. The van der Waals surface area contributed by atoms with Crippen molar-refractivity contribution < 1.29 is 12.8 Å². The first-order chi connectivity index (χ1) is 8.90. The fraction of sp³-hybridized carbons (Fsp3) is 0. The fourth-order valence-electron chi connectivity index (χ4n) is 1.42. The zero-order valence-corrected chi connectivity index (χ0v) is 11.9. The quantitative estimate of drug-likeness (QED) is 0.836. The summed E-state index contributed by atoms with van der Waals surface area (Å²) in [7, 11) is -3.95. The van der Waals surface area contributed by atoms with Gasteiger partial charge in [-0.25, -0.2) is 12.8 Å². The van der Waals surface area contributed by atoms with Crippen LogP contribution in [0, 0.1) is 5.82 Å². The lowest BCUT2D eigenvalue weighted by atomic mass is 10.3. The number of nitrogen functional groups attached to an aromatic ring is 1. The molecule has 0 saturated heterocycles. The van der Waals surface area contributed by atoms with Crippen LogP contribution < -0.4 is 10.5 Å². The smallest absolute Gasteiger partial charge is 0.264 e. The Morgan fingerprint density at radius 1 is 1.32 bits per heavy atom. The summed E-state index contributed by atoms with van der Waals surface area (Å²) in [5.41, 5.74) is 5.53. The lowest BCUT2D eigenvalue weighted by molar-refractivity contribution is 0.598. The van der Waals surface area contributed by atoms with Crippen molar-refractivity contribution >= 4 is 37.3 Å². The van der Waals surface area contributed by atoms with Gasteiger partial charge in [0.2, 0.25) is 0 Å². The second-order valence-electron chi connectivity index (χ2n) is 3.64. The number of hydrogen-bond acceptors (Lipinski definition) is 4. The zero-order valence-electron chi connectivity index (χ0n) is 9.47. The average molecular weight is 346 g/mol. The third-order valence-electron chi connectivity index (χ3n) is 2.28. The van der Waals surface area contributed by atoms with Crippen molar-refractivity contribution in [2.45, 2.75) is 4.90 Å². The highest BCUT2D eigenvalue weighted by Gasteiger charge is 2.19. The minimum Gasteiger partial charge on any atom is -0.398 e. The van der Waals surface area contributed by atoms with Crippen molar-refractivity contribution in [3.05, 3.63) is 46.9 Å². The number of sulfonamides is 1. The predicted molar refractivity (Wildman–Crippen MR) is 73.6 cm³/mol. The van der Waals surface area contributed by atoms with Crippen molar-refractivity contribution in [3.63, 3.8) is 0 Å². The van der Waals surface area contributed by atoms with Crippen molar-refractivity contribution in [2.75, 3.05) is 10.5 Å². The molecule has 8 heteroatoms. The molecule has 5 nitrogen and oxygen atoms in total. The first-order valence-electron chi connectivity index (χ1n) is 5.07. The van der Waals surface area contributed by atoms with E-state index in [2.05, 4.69) is 25.6 Å². The average Bonchev–Trinajstić information content (AvgIpc) is 2.31. The summed E-state index contributed by atoms with van der Waals surface area (Å²) < 4.78 is 40.3. The monoisotopic (exact) mass is 345 g/mol. The molecule has 0 atom stereocenters. The highest BCUT2D eigenvalue weighted by atomic mass is 79.9. The van der Waals surface area contributed by atoms with Crippen LogP contribution in [0.25, 0.3) is 0 Å². The standard InChI is InChI=1S/C11H9BrFN3O2S/c12-7-1-2-11(9(14)5-7)19(17,18)16-10-3-4-15-6-8(10)13/h1-6H,14H2,(H,15,16). The molecule has 0 saturated carbocycles. The van der Waals surface area contributed by atoms with Crippen LogP contribution in [0.2, 0.25) is 0 Å². The number of rotatable bonds is 3. The molecule has 0 aliphatic rings. The maximum Gasteiger partial charge on any atom is 0.264 e. The fourth-order valence-corrected chi connectivity index (χ4v) is 2.98. The molecule has 0 unspecified atom stereocenters. The lowest BCUT2D eigenvalue weighted by Gasteiger charge is -2.10. The molecule has 2 rings (SSSR count). The molecule has 1 aromatic carbocycles. The van der Waals surface area contributed by atoms with Gasteiger partial charge in [0.15, 0.2) is 5.82 Å². The van der Waals surface area contributed by atoms with Gasteiger partial charge in [0.05, 0.1) is 17.6 Å². The van der Waals surface area contributed by atoms with Crippen LogP contribution in [0.3, 0.4) is 0 Å². The molecule has 1 aromatic heterocycles. The van der Waals surface area contributed by atoms with Crippen LogP contribution in [0.15, 0.2) is 46.0 Å². The summed E-state index contributed by atoms with van der Waals surface area (Å²) in [6, 6.07) is 5.55. The minimum atomic E-state index is -3.95. The topological polar surface area (TPSA) is 85.1 Å². The van der Waals surface area contributed by atoms with Crippen molar-refractivity contribution in [1.82, 2.24) is 4.98 Å². The molecule has 0 radical (unpaired) electrons. The second-order valence-corrected chi connectivity index (χ2v) is 6.21. The Morgan fingerprint density at radius 2 is 2.05 bits per heavy atom. The van der Waals surface area contributed by atoms with E-state index >= 15 is 0 Å². The molecule has 2 aromatic rings. The number of hydrogen-bond donors (Lipinski definition) is 2. The van der Waals surface area contributed by atoms with Crippen LogP contribution in [0.5, 0.6) is 0 Å². The number of anilines is 2. The molecule has 1 heterocycles. The lowest BCUT2D eigenvalue weighted by Crippen LogP contribution is -2.15. The van der Waals surface area contributed by atoms with E-state index < -0.39 is 15.8 Å². The van der Waals surface area contributed by atoms with Crippen LogP contribution in [0.4, 0.5) is 15.8 Å². The molecule has 100 valence electrons. The van der Waals surface area contributed by atoms with Gasteiger partial charge in [-0.1, -0.05) is 15.9 Å². The van der Waals surface area contributed by atoms with Crippen molar-refractivity contribution in [1.29, 1.82) is 0 Å². The predicted octanol–water partition coefficient (Wildman–Crippen LogP) is 2.37. The third kappa shape index (κ3) is 3.02. The van der Waals surface area contributed by atoms with Gasteiger partial charge in [0.1, 0.15) is 4.90 Å². The van der Waals surface area contributed by atoms with E-state index in [1.165, 1.54) is 30.5 Å². The van der Waals surface area contributed by atoms with Gasteiger partial charge in [-0.15, -0.1) is 0 Å². The van der Waals surface area contributed by atoms with Gasteiger partial charge in [-0.3, -0.25) is 9.71 Å². The number of nitrogens with two attached hydrogens (primary N) is 1. The normalized spacial score (nSPS) is 11.3. The number of halogens is 2. The van der Waals surface area contributed by atoms with Gasteiger partial charge < -0.3 is 5.73 Å². The molecule has 0 spiro atoms. The Bertz CT molecular complexity index is 722. The maximum atomic E-state index is 13.4. The Hall–Kier alpha value is -1.67. The van der Waals surface area contributed by atoms with Gasteiger partial charge in [-0.2, -0.15) is 0 Å². The minimum absolute atomic E-state index is 0.0661. The van der Waals surface area contributed by atoms with Gasteiger partial charge in [0, 0.05) is 10.7 Å². The Balaban J connectivity index is 2.41. The van der Waals surface area contributed by atoms with E-state index in [4.69, 9.17) is 5.73 Å². The van der Waals surface area contributed by atoms with E-state index in [1.807, 2.05) is 0 Å².